The number of aromatic amines is 1. The summed E-state index contributed by atoms with van der Waals surface area (Å²) in [7, 11) is 0. The quantitative estimate of drug-likeness (QED) is 0.715. The summed E-state index contributed by atoms with van der Waals surface area (Å²) in [5, 5.41) is 2.09. The van der Waals surface area contributed by atoms with Crippen LogP contribution in [0.5, 0.6) is 0 Å². The molecular formula is C22H26N4O2S. The topological polar surface area (TPSA) is 69.3 Å². The molecule has 0 aliphatic carbocycles. The van der Waals surface area contributed by atoms with Crippen LogP contribution >= 0.6 is 11.3 Å². The number of fused-ring (bicyclic) bond motifs is 1. The molecule has 3 aromatic rings. The molecule has 0 atom stereocenters. The number of aryl methyl sites for hydroxylation is 1. The van der Waals surface area contributed by atoms with Crippen LogP contribution < -0.4 is 0 Å². The zero-order chi connectivity index (χ0) is 20.5. The number of piperazine rings is 1. The van der Waals surface area contributed by atoms with Gasteiger partial charge in [-0.25, -0.2) is 4.98 Å². The number of hydrogen-bond acceptors (Lipinski definition) is 4. The molecule has 0 bridgehead atoms. The van der Waals surface area contributed by atoms with Gasteiger partial charge in [0.25, 0.3) is 5.91 Å². The van der Waals surface area contributed by atoms with E-state index in [2.05, 4.69) is 23.8 Å². The first-order valence-corrected chi connectivity index (χ1v) is 10.8. The van der Waals surface area contributed by atoms with E-state index in [1.807, 2.05) is 47.2 Å². The highest BCUT2D eigenvalue weighted by Crippen LogP contribution is 2.26. The lowest BCUT2D eigenvalue weighted by atomic mass is 10.1. The SMILES string of the molecule is Cc1nc(C(C)C)sc1C(=O)N1CCN(C(=O)Cc2c[nH]c3ccccc23)CC1. The van der Waals surface area contributed by atoms with Crippen molar-refractivity contribution in [3.63, 3.8) is 0 Å². The van der Waals surface area contributed by atoms with E-state index in [0.29, 0.717) is 38.5 Å². The van der Waals surface area contributed by atoms with Gasteiger partial charge in [0.05, 0.1) is 17.1 Å². The van der Waals surface area contributed by atoms with Crippen molar-refractivity contribution >= 4 is 34.1 Å². The van der Waals surface area contributed by atoms with E-state index in [-0.39, 0.29) is 11.8 Å². The van der Waals surface area contributed by atoms with Crippen LogP contribution in [-0.4, -0.2) is 57.8 Å². The van der Waals surface area contributed by atoms with E-state index in [9.17, 15) is 9.59 Å². The van der Waals surface area contributed by atoms with Crippen LogP contribution in [0.25, 0.3) is 10.9 Å². The van der Waals surface area contributed by atoms with Crippen LogP contribution in [0.3, 0.4) is 0 Å². The third-order valence-electron chi connectivity index (χ3n) is 5.44. The number of thiazole rings is 1. The first-order chi connectivity index (χ1) is 13.9. The maximum Gasteiger partial charge on any atom is 0.265 e. The molecule has 29 heavy (non-hydrogen) atoms. The molecule has 2 amide bonds. The van der Waals surface area contributed by atoms with Crippen molar-refractivity contribution in [3.8, 4) is 0 Å². The normalized spacial score (nSPS) is 14.8. The van der Waals surface area contributed by atoms with Crippen molar-refractivity contribution in [1.29, 1.82) is 0 Å². The summed E-state index contributed by atoms with van der Waals surface area (Å²) in [6, 6.07) is 8.02. The minimum Gasteiger partial charge on any atom is -0.361 e. The molecule has 2 aromatic heterocycles. The van der Waals surface area contributed by atoms with E-state index in [1.54, 1.807) is 0 Å². The molecule has 1 aromatic carbocycles. The number of nitrogens with zero attached hydrogens (tertiary/aromatic N) is 3. The van der Waals surface area contributed by atoms with Crippen LogP contribution in [0.4, 0.5) is 0 Å². The van der Waals surface area contributed by atoms with Gasteiger partial charge in [-0.1, -0.05) is 32.0 Å². The summed E-state index contributed by atoms with van der Waals surface area (Å²) in [6.45, 7) is 8.34. The minimum atomic E-state index is 0.0376. The summed E-state index contributed by atoms with van der Waals surface area (Å²) >= 11 is 1.49. The zero-order valence-corrected chi connectivity index (χ0v) is 17.9. The van der Waals surface area contributed by atoms with Gasteiger partial charge in [-0.2, -0.15) is 0 Å². The molecule has 1 saturated heterocycles. The van der Waals surface area contributed by atoms with Crippen molar-refractivity contribution in [2.24, 2.45) is 0 Å². The molecule has 0 unspecified atom stereocenters. The average molecular weight is 411 g/mol. The molecule has 1 aliphatic heterocycles. The molecule has 1 N–H and O–H groups in total. The maximum atomic E-state index is 12.9. The summed E-state index contributed by atoms with van der Waals surface area (Å²) in [4.78, 5) is 37.9. The Bertz CT molecular complexity index is 1040. The second-order valence-electron chi connectivity index (χ2n) is 7.83. The van der Waals surface area contributed by atoms with Gasteiger partial charge in [0.2, 0.25) is 5.91 Å². The van der Waals surface area contributed by atoms with Crippen LogP contribution in [0, 0.1) is 6.92 Å². The Morgan fingerprint density at radius 3 is 2.52 bits per heavy atom. The second-order valence-corrected chi connectivity index (χ2v) is 8.86. The molecular weight excluding hydrogens is 384 g/mol. The predicted octanol–water partition coefficient (Wildman–Crippen LogP) is 3.58. The predicted molar refractivity (Wildman–Crippen MR) is 115 cm³/mol. The molecule has 4 rings (SSSR count). The largest absolute Gasteiger partial charge is 0.361 e. The maximum absolute atomic E-state index is 12.9. The summed E-state index contributed by atoms with van der Waals surface area (Å²) in [5.41, 5.74) is 2.87. The molecule has 0 spiro atoms. The van der Waals surface area contributed by atoms with Crippen molar-refractivity contribution in [2.75, 3.05) is 26.2 Å². The number of carbonyl (C=O) groups is 2. The van der Waals surface area contributed by atoms with Gasteiger partial charge in [0, 0.05) is 49.2 Å². The minimum absolute atomic E-state index is 0.0376. The first-order valence-electron chi connectivity index (χ1n) is 10.0. The molecule has 0 radical (unpaired) electrons. The third kappa shape index (κ3) is 3.92. The lowest BCUT2D eigenvalue weighted by Crippen LogP contribution is -2.51. The Morgan fingerprint density at radius 1 is 1.14 bits per heavy atom. The average Bonchev–Trinajstić information content (AvgIpc) is 3.31. The summed E-state index contributed by atoms with van der Waals surface area (Å²) < 4.78 is 0. The molecule has 152 valence electrons. The Morgan fingerprint density at radius 2 is 1.83 bits per heavy atom. The number of hydrogen-bond donors (Lipinski definition) is 1. The summed E-state index contributed by atoms with van der Waals surface area (Å²) in [5.74, 6) is 0.466. The van der Waals surface area contributed by atoms with Crippen LogP contribution in [0.2, 0.25) is 0 Å². The van der Waals surface area contributed by atoms with Gasteiger partial charge in [-0.3, -0.25) is 9.59 Å². The van der Waals surface area contributed by atoms with Crippen molar-refractivity contribution < 1.29 is 9.59 Å². The fraction of sp³-hybridized carbons (Fsp3) is 0.409. The molecule has 1 fully saturated rings. The van der Waals surface area contributed by atoms with Crippen LogP contribution in [-0.2, 0) is 11.2 Å². The standard InChI is InChI=1S/C22H26N4O2S/c1-14(2)21-24-15(3)20(29-21)22(28)26-10-8-25(9-11-26)19(27)12-16-13-23-18-7-5-4-6-17(16)18/h4-7,13-14,23H,8-12H2,1-3H3. The number of para-hydroxylation sites is 1. The van der Waals surface area contributed by atoms with Crippen molar-refractivity contribution in [2.45, 2.75) is 33.1 Å². The van der Waals surface area contributed by atoms with Crippen molar-refractivity contribution in [1.82, 2.24) is 19.8 Å². The lowest BCUT2D eigenvalue weighted by molar-refractivity contribution is -0.131. The van der Waals surface area contributed by atoms with E-state index in [1.165, 1.54) is 11.3 Å². The highest BCUT2D eigenvalue weighted by Gasteiger charge is 2.27. The highest BCUT2D eigenvalue weighted by molar-refractivity contribution is 7.13. The van der Waals surface area contributed by atoms with Gasteiger partial charge in [-0.15, -0.1) is 11.3 Å². The van der Waals surface area contributed by atoms with E-state index < -0.39 is 0 Å². The Kier molecular flexibility index (Phi) is 5.41. The van der Waals surface area contributed by atoms with Gasteiger partial charge < -0.3 is 14.8 Å². The second kappa shape index (κ2) is 7.99. The smallest absolute Gasteiger partial charge is 0.265 e. The van der Waals surface area contributed by atoms with Crippen molar-refractivity contribution in [3.05, 3.63) is 51.6 Å². The molecule has 1 aliphatic rings. The van der Waals surface area contributed by atoms with Gasteiger partial charge in [0.15, 0.2) is 0 Å². The molecule has 3 heterocycles. The number of rotatable bonds is 4. The summed E-state index contributed by atoms with van der Waals surface area (Å²) in [6.07, 6.45) is 2.30. The Labute approximate surface area is 174 Å². The van der Waals surface area contributed by atoms with Gasteiger partial charge in [-0.05, 0) is 18.6 Å². The van der Waals surface area contributed by atoms with Gasteiger partial charge >= 0.3 is 0 Å². The third-order valence-corrected chi connectivity index (χ3v) is 6.88. The fourth-order valence-electron chi connectivity index (χ4n) is 3.72. The highest BCUT2D eigenvalue weighted by atomic mass is 32.1. The number of H-pyrrole nitrogens is 1. The molecule has 7 heteroatoms. The van der Waals surface area contributed by atoms with E-state index >= 15 is 0 Å². The number of amides is 2. The lowest BCUT2D eigenvalue weighted by Gasteiger charge is -2.34. The van der Waals surface area contributed by atoms with Crippen LogP contribution in [0.1, 0.15) is 45.7 Å². The number of aromatic nitrogens is 2. The number of nitrogens with one attached hydrogen (secondary N) is 1. The number of carbonyl (C=O) groups excluding carboxylic acids is 2. The Balaban J connectivity index is 1.37. The van der Waals surface area contributed by atoms with E-state index in [0.717, 1.165) is 32.0 Å². The number of benzene rings is 1. The first kappa shape index (κ1) is 19.6. The zero-order valence-electron chi connectivity index (χ0n) is 17.1. The monoisotopic (exact) mass is 410 g/mol. The molecule has 6 nitrogen and oxygen atoms in total. The molecule has 0 saturated carbocycles. The van der Waals surface area contributed by atoms with Crippen LogP contribution in [0.15, 0.2) is 30.5 Å². The fourth-order valence-corrected chi connectivity index (χ4v) is 4.75. The van der Waals surface area contributed by atoms with E-state index in [4.69, 9.17) is 0 Å². The Hall–Kier alpha value is -2.67. The van der Waals surface area contributed by atoms with Gasteiger partial charge in [0.1, 0.15) is 4.88 Å².